The summed E-state index contributed by atoms with van der Waals surface area (Å²) in [5.74, 6) is 0.842. The highest BCUT2D eigenvalue weighted by molar-refractivity contribution is 6.30. The van der Waals surface area contributed by atoms with Crippen molar-refractivity contribution in [3.05, 3.63) is 70.8 Å². The number of halogens is 1. The second-order valence-corrected chi connectivity index (χ2v) is 6.77. The van der Waals surface area contributed by atoms with Gasteiger partial charge in [0.25, 0.3) is 0 Å². The molecule has 0 N–H and O–H groups in total. The Labute approximate surface area is 159 Å². The van der Waals surface area contributed by atoms with Gasteiger partial charge in [0.2, 0.25) is 5.91 Å². The molecule has 0 atom stereocenters. The van der Waals surface area contributed by atoms with Gasteiger partial charge in [-0.15, -0.1) is 0 Å². The third kappa shape index (κ3) is 5.10. The van der Waals surface area contributed by atoms with E-state index in [9.17, 15) is 4.79 Å². The van der Waals surface area contributed by atoms with Crippen molar-refractivity contribution in [1.29, 1.82) is 0 Å². The van der Waals surface area contributed by atoms with Gasteiger partial charge in [-0.2, -0.15) is 0 Å². The van der Waals surface area contributed by atoms with Crippen molar-refractivity contribution < 1.29 is 9.53 Å². The molecule has 4 nitrogen and oxygen atoms in total. The number of benzene rings is 2. The largest absolute Gasteiger partial charge is 0.497 e. The average molecular weight is 371 g/mol. The van der Waals surface area contributed by atoms with Gasteiger partial charge in [-0.25, -0.2) is 0 Å². The molecule has 0 radical (unpaired) electrons. The molecule has 0 spiro atoms. The second-order valence-electron chi connectivity index (χ2n) is 6.34. The molecule has 5 heteroatoms. The number of hydrogen-bond acceptors (Lipinski definition) is 3. The molecule has 1 amide bonds. The van der Waals surface area contributed by atoms with Crippen molar-refractivity contribution in [2.24, 2.45) is 0 Å². The third-order valence-corrected chi connectivity index (χ3v) is 4.77. The maximum atomic E-state index is 12.4. The SMILES string of the molecule is COc1cccc(/C=C/C(=O)N2CCN(Cc3ccc(Cl)cc3)CC2)c1. The van der Waals surface area contributed by atoms with E-state index in [2.05, 4.69) is 17.0 Å². The van der Waals surface area contributed by atoms with Crippen molar-refractivity contribution >= 4 is 23.6 Å². The van der Waals surface area contributed by atoms with Crippen molar-refractivity contribution in [2.45, 2.75) is 6.54 Å². The molecule has 1 saturated heterocycles. The number of piperazine rings is 1. The lowest BCUT2D eigenvalue weighted by atomic mass is 10.2. The van der Waals surface area contributed by atoms with E-state index >= 15 is 0 Å². The Hall–Kier alpha value is -2.30. The van der Waals surface area contributed by atoms with Crippen LogP contribution in [0.3, 0.4) is 0 Å². The highest BCUT2D eigenvalue weighted by atomic mass is 35.5. The first-order chi connectivity index (χ1) is 12.6. The Morgan fingerprint density at radius 3 is 2.54 bits per heavy atom. The summed E-state index contributed by atoms with van der Waals surface area (Å²) in [5, 5.41) is 0.756. The van der Waals surface area contributed by atoms with E-state index in [0.717, 1.165) is 49.1 Å². The predicted octanol–water partition coefficient (Wildman–Crippen LogP) is 3.71. The molecule has 2 aromatic carbocycles. The fraction of sp³-hybridized carbons (Fsp3) is 0.286. The molecule has 0 unspecified atom stereocenters. The predicted molar refractivity (Wildman–Crippen MR) is 105 cm³/mol. The molecular formula is C21H23ClN2O2. The van der Waals surface area contributed by atoms with Gasteiger partial charge in [0.1, 0.15) is 5.75 Å². The number of nitrogens with zero attached hydrogens (tertiary/aromatic N) is 2. The maximum absolute atomic E-state index is 12.4. The first kappa shape index (κ1) is 18.5. The van der Waals surface area contributed by atoms with Crippen LogP contribution in [0, 0.1) is 0 Å². The van der Waals surface area contributed by atoms with Crippen LogP contribution in [-0.4, -0.2) is 49.0 Å². The van der Waals surface area contributed by atoms with Gasteiger partial charge in [0.05, 0.1) is 7.11 Å². The van der Waals surface area contributed by atoms with Crippen molar-refractivity contribution in [2.75, 3.05) is 33.3 Å². The number of amides is 1. The highest BCUT2D eigenvalue weighted by Crippen LogP contribution is 2.15. The lowest BCUT2D eigenvalue weighted by Gasteiger charge is -2.34. The molecule has 3 rings (SSSR count). The molecule has 26 heavy (non-hydrogen) atoms. The van der Waals surface area contributed by atoms with Gasteiger partial charge in [-0.3, -0.25) is 9.69 Å². The average Bonchev–Trinajstić information content (AvgIpc) is 2.68. The summed E-state index contributed by atoms with van der Waals surface area (Å²) < 4.78 is 5.20. The van der Waals surface area contributed by atoms with Crippen LogP contribution in [0.15, 0.2) is 54.6 Å². The number of ether oxygens (including phenoxy) is 1. The van der Waals surface area contributed by atoms with Crippen molar-refractivity contribution in [3.8, 4) is 5.75 Å². The number of methoxy groups -OCH3 is 1. The molecule has 1 aliphatic rings. The lowest BCUT2D eigenvalue weighted by Crippen LogP contribution is -2.47. The number of carbonyl (C=O) groups excluding carboxylic acids is 1. The monoisotopic (exact) mass is 370 g/mol. The minimum Gasteiger partial charge on any atom is -0.497 e. The standard InChI is InChI=1S/C21H23ClN2O2/c1-26-20-4-2-3-17(15-20)7-10-21(25)24-13-11-23(12-14-24)16-18-5-8-19(22)9-6-18/h2-10,15H,11-14,16H2,1H3/b10-7+. The maximum Gasteiger partial charge on any atom is 0.246 e. The van der Waals surface area contributed by atoms with Crippen LogP contribution in [-0.2, 0) is 11.3 Å². The number of hydrogen-bond donors (Lipinski definition) is 0. The second kappa shape index (κ2) is 8.88. The zero-order valence-corrected chi connectivity index (χ0v) is 15.7. The summed E-state index contributed by atoms with van der Waals surface area (Å²) in [6, 6.07) is 15.6. The van der Waals surface area contributed by atoms with Crippen LogP contribution in [0.1, 0.15) is 11.1 Å². The molecule has 2 aromatic rings. The molecule has 136 valence electrons. The fourth-order valence-corrected chi connectivity index (χ4v) is 3.12. The molecule has 0 aromatic heterocycles. The smallest absolute Gasteiger partial charge is 0.246 e. The molecule has 1 fully saturated rings. The van der Waals surface area contributed by atoms with Crippen molar-refractivity contribution in [1.82, 2.24) is 9.80 Å². The Bertz CT molecular complexity index is 766. The Morgan fingerprint density at radius 1 is 1.12 bits per heavy atom. The minimum absolute atomic E-state index is 0.0546. The molecule has 0 bridgehead atoms. The van der Waals surface area contributed by atoms with Gasteiger partial charge in [-0.1, -0.05) is 35.9 Å². The van der Waals surface area contributed by atoms with E-state index in [1.807, 2.05) is 47.4 Å². The van der Waals surface area contributed by atoms with Gasteiger partial charge in [-0.05, 0) is 41.5 Å². The first-order valence-corrected chi connectivity index (χ1v) is 9.10. The van der Waals surface area contributed by atoms with Gasteiger partial charge >= 0.3 is 0 Å². The van der Waals surface area contributed by atoms with Gasteiger partial charge in [0.15, 0.2) is 0 Å². The molecule has 0 aliphatic carbocycles. The number of carbonyl (C=O) groups is 1. The topological polar surface area (TPSA) is 32.8 Å². The molecule has 0 saturated carbocycles. The van der Waals surface area contributed by atoms with Gasteiger partial charge < -0.3 is 9.64 Å². The highest BCUT2D eigenvalue weighted by Gasteiger charge is 2.19. The van der Waals surface area contributed by atoms with Gasteiger partial charge in [0, 0.05) is 43.8 Å². The summed E-state index contributed by atoms with van der Waals surface area (Å²) in [4.78, 5) is 16.7. The van der Waals surface area contributed by atoms with Crippen LogP contribution in [0.5, 0.6) is 5.75 Å². The lowest BCUT2D eigenvalue weighted by molar-refractivity contribution is -0.127. The quantitative estimate of drug-likeness (QED) is 0.752. The third-order valence-electron chi connectivity index (χ3n) is 4.52. The first-order valence-electron chi connectivity index (χ1n) is 8.72. The fourth-order valence-electron chi connectivity index (χ4n) is 2.99. The Balaban J connectivity index is 1.50. The van der Waals surface area contributed by atoms with Crippen LogP contribution < -0.4 is 4.74 Å². The Kier molecular flexibility index (Phi) is 6.31. The summed E-state index contributed by atoms with van der Waals surface area (Å²) in [7, 11) is 1.64. The Morgan fingerprint density at radius 2 is 1.85 bits per heavy atom. The van der Waals surface area contributed by atoms with Crippen LogP contribution in [0.25, 0.3) is 6.08 Å². The van der Waals surface area contributed by atoms with Crippen LogP contribution in [0.4, 0.5) is 0 Å². The van der Waals surface area contributed by atoms with E-state index in [4.69, 9.17) is 16.3 Å². The summed E-state index contributed by atoms with van der Waals surface area (Å²) in [6.07, 6.45) is 3.48. The molecule has 1 aliphatic heterocycles. The normalized spacial score (nSPS) is 15.4. The summed E-state index contributed by atoms with van der Waals surface area (Å²) >= 11 is 5.93. The van der Waals surface area contributed by atoms with E-state index in [1.54, 1.807) is 13.2 Å². The minimum atomic E-state index is 0.0546. The van der Waals surface area contributed by atoms with E-state index in [1.165, 1.54) is 5.56 Å². The number of rotatable bonds is 5. The zero-order chi connectivity index (χ0) is 18.4. The molecular weight excluding hydrogens is 348 g/mol. The van der Waals surface area contributed by atoms with Crippen LogP contribution in [0.2, 0.25) is 5.02 Å². The van der Waals surface area contributed by atoms with E-state index in [0.29, 0.717) is 0 Å². The van der Waals surface area contributed by atoms with E-state index in [-0.39, 0.29) is 5.91 Å². The molecule has 1 heterocycles. The van der Waals surface area contributed by atoms with Crippen LogP contribution >= 0.6 is 11.6 Å². The summed E-state index contributed by atoms with van der Waals surface area (Å²) in [5.41, 5.74) is 2.20. The zero-order valence-electron chi connectivity index (χ0n) is 14.9. The van der Waals surface area contributed by atoms with E-state index < -0.39 is 0 Å². The van der Waals surface area contributed by atoms with Crippen molar-refractivity contribution in [3.63, 3.8) is 0 Å². The summed E-state index contributed by atoms with van der Waals surface area (Å²) in [6.45, 7) is 4.13.